The van der Waals surface area contributed by atoms with E-state index in [4.69, 9.17) is 22.5 Å². The molecule has 0 unspecified atom stereocenters. The molecule has 2 aliphatic heterocycles. The van der Waals surface area contributed by atoms with E-state index < -0.39 is 39.0 Å². The van der Waals surface area contributed by atoms with Gasteiger partial charge in [0.05, 0.1) is 24.6 Å². The predicted octanol–water partition coefficient (Wildman–Crippen LogP) is 5.47. The second-order valence-electron chi connectivity index (χ2n) is 13.1. The highest BCUT2D eigenvalue weighted by atomic mass is 32.2. The third kappa shape index (κ3) is 8.09. The molecule has 0 aromatic carbocycles. The SMILES string of the molecule is CC(C)(C)[Si](C)(C)OCC[C@H](OS(C)(=O)=O)[C@H]1O[C@H]2CCCO[C@@H]2C[C@@H]1O[Si](C)(C)C(C)(C)C. The summed E-state index contributed by atoms with van der Waals surface area (Å²) < 4.78 is 56.0. The van der Waals surface area contributed by atoms with Crippen LogP contribution in [-0.4, -0.2) is 75.0 Å². The number of ether oxygens (including phenoxy) is 2. The minimum Gasteiger partial charge on any atom is -0.417 e. The van der Waals surface area contributed by atoms with Crippen LogP contribution in [0.4, 0.5) is 0 Å². The number of rotatable bonds is 9. The zero-order valence-electron chi connectivity index (χ0n) is 23.4. The number of fused-ring (bicyclic) bond motifs is 1. The zero-order valence-corrected chi connectivity index (χ0v) is 26.2. The van der Waals surface area contributed by atoms with Crippen molar-refractivity contribution >= 4 is 26.8 Å². The summed E-state index contributed by atoms with van der Waals surface area (Å²) in [4.78, 5) is 0. The van der Waals surface area contributed by atoms with Gasteiger partial charge in [-0.3, -0.25) is 4.18 Å². The van der Waals surface area contributed by atoms with Gasteiger partial charge in [0.25, 0.3) is 10.1 Å². The van der Waals surface area contributed by atoms with Crippen molar-refractivity contribution in [1.82, 2.24) is 0 Å². The van der Waals surface area contributed by atoms with E-state index in [0.717, 1.165) is 25.7 Å². The molecule has 0 spiro atoms. The van der Waals surface area contributed by atoms with Crippen LogP contribution in [0.2, 0.25) is 36.3 Å². The molecule has 0 radical (unpaired) electrons. The van der Waals surface area contributed by atoms with Crippen LogP contribution >= 0.6 is 0 Å². The molecule has 2 fully saturated rings. The fourth-order valence-corrected chi connectivity index (χ4v) is 7.03. The Kier molecular flexibility index (Phi) is 9.74. The van der Waals surface area contributed by atoms with Crippen molar-refractivity contribution in [2.24, 2.45) is 0 Å². The molecule has 0 N–H and O–H groups in total. The topological polar surface area (TPSA) is 80.3 Å². The van der Waals surface area contributed by atoms with Gasteiger partial charge in [-0.1, -0.05) is 41.5 Å². The van der Waals surface area contributed by atoms with E-state index in [0.29, 0.717) is 19.4 Å². The molecule has 0 aromatic heterocycles. The molecule has 2 rings (SSSR count). The van der Waals surface area contributed by atoms with E-state index >= 15 is 0 Å². The van der Waals surface area contributed by atoms with Crippen LogP contribution in [0.25, 0.3) is 0 Å². The second-order valence-corrected chi connectivity index (χ2v) is 24.2. The van der Waals surface area contributed by atoms with Crippen molar-refractivity contribution in [2.75, 3.05) is 19.5 Å². The van der Waals surface area contributed by atoms with Crippen molar-refractivity contribution in [3.63, 3.8) is 0 Å². The maximum atomic E-state index is 12.3. The Balaban J connectivity index is 2.30. The Morgan fingerprint density at radius 2 is 1.56 bits per heavy atom. The van der Waals surface area contributed by atoms with Crippen LogP contribution in [0.1, 0.15) is 67.2 Å². The molecule has 10 heteroatoms. The number of hydrogen-bond donors (Lipinski definition) is 0. The van der Waals surface area contributed by atoms with Crippen LogP contribution in [0.5, 0.6) is 0 Å². The first-order valence-electron chi connectivity index (χ1n) is 12.7. The quantitative estimate of drug-likeness (QED) is 0.284. The van der Waals surface area contributed by atoms with Gasteiger partial charge in [-0.2, -0.15) is 8.42 Å². The van der Waals surface area contributed by atoms with Gasteiger partial charge in [0.2, 0.25) is 0 Å². The van der Waals surface area contributed by atoms with Gasteiger partial charge in [-0.15, -0.1) is 0 Å². The van der Waals surface area contributed by atoms with E-state index in [-0.39, 0.29) is 28.4 Å². The molecule has 202 valence electrons. The molecule has 7 nitrogen and oxygen atoms in total. The highest BCUT2D eigenvalue weighted by molar-refractivity contribution is 7.86. The molecule has 0 aliphatic carbocycles. The largest absolute Gasteiger partial charge is 0.417 e. The van der Waals surface area contributed by atoms with Crippen molar-refractivity contribution in [2.45, 2.75) is 134 Å². The average Bonchev–Trinajstić information content (AvgIpc) is 2.63. The summed E-state index contributed by atoms with van der Waals surface area (Å²) in [5.74, 6) is 0. The van der Waals surface area contributed by atoms with Crippen molar-refractivity contribution in [3.05, 3.63) is 0 Å². The Bertz CT molecular complexity index is 771. The summed E-state index contributed by atoms with van der Waals surface area (Å²) in [6, 6.07) is 0. The molecule has 0 saturated carbocycles. The smallest absolute Gasteiger partial charge is 0.264 e. The maximum Gasteiger partial charge on any atom is 0.264 e. The van der Waals surface area contributed by atoms with Gasteiger partial charge in [0.1, 0.15) is 12.2 Å². The van der Waals surface area contributed by atoms with Gasteiger partial charge >= 0.3 is 0 Å². The highest BCUT2D eigenvalue weighted by Gasteiger charge is 2.49. The summed E-state index contributed by atoms with van der Waals surface area (Å²) in [6.07, 6.45) is 2.52. The fourth-order valence-electron chi connectivity index (χ4n) is 3.98. The molecule has 5 atom stereocenters. The lowest BCUT2D eigenvalue weighted by molar-refractivity contribution is -0.218. The van der Waals surface area contributed by atoms with E-state index in [1.165, 1.54) is 0 Å². The molecule has 0 bridgehead atoms. The molecular weight excluding hydrogens is 488 g/mol. The standard InChI is InChI=1S/C24H50O7SSi2/c1-23(2,3)33(8,9)28-16-14-19(30-32(7,25)26)22-21(31-34(10,11)24(4,5)6)17-20-18(29-22)13-12-15-27-20/h18-22H,12-17H2,1-11H3/t18-,19-,20+,21-,22+/m0/s1. The molecule has 0 amide bonds. The zero-order chi connectivity index (χ0) is 26.2. The summed E-state index contributed by atoms with van der Waals surface area (Å²) in [6.45, 7) is 23.2. The Morgan fingerprint density at radius 3 is 2.09 bits per heavy atom. The minimum absolute atomic E-state index is 0.0143. The molecule has 34 heavy (non-hydrogen) atoms. The van der Waals surface area contributed by atoms with E-state index in [9.17, 15) is 8.42 Å². The highest BCUT2D eigenvalue weighted by Crippen LogP contribution is 2.42. The summed E-state index contributed by atoms with van der Waals surface area (Å²) in [5.41, 5.74) is 0. The van der Waals surface area contributed by atoms with Crippen LogP contribution < -0.4 is 0 Å². The minimum atomic E-state index is -3.69. The first kappa shape index (κ1) is 30.4. The first-order valence-corrected chi connectivity index (χ1v) is 20.3. The fraction of sp³-hybridized carbons (Fsp3) is 1.00. The van der Waals surface area contributed by atoms with Crippen LogP contribution in [0.15, 0.2) is 0 Å². The van der Waals surface area contributed by atoms with Gasteiger partial charge in [0.15, 0.2) is 16.6 Å². The lowest BCUT2D eigenvalue weighted by Gasteiger charge is -2.49. The average molecular weight is 539 g/mol. The molecule has 2 saturated heterocycles. The van der Waals surface area contributed by atoms with Crippen molar-refractivity contribution in [1.29, 1.82) is 0 Å². The van der Waals surface area contributed by atoms with Gasteiger partial charge in [-0.05, 0) is 55.5 Å². The second kappa shape index (κ2) is 10.9. The normalized spacial score (nSPS) is 28.4. The van der Waals surface area contributed by atoms with Gasteiger partial charge in [0, 0.05) is 19.6 Å². The molecule has 2 heterocycles. The van der Waals surface area contributed by atoms with Gasteiger partial charge < -0.3 is 18.3 Å². The Hall–Kier alpha value is 0.184. The molecule has 0 aromatic rings. The molecular formula is C24H50O7SSi2. The van der Waals surface area contributed by atoms with E-state index in [2.05, 4.69) is 67.7 Å². The summed E-state index contributed by atoms with van der Waals surface area (Å²) in [7, 11) is -7.82. The third-order valence-electron chi connectivity index (χ3n) is 8.13. The first-order chi connectivity index (χ1) is 15.2. The molecule has 2 aliphatic rings. The summed E-state index contributed by atoms with van der Waals surface area (Å²) >= 11 is 0. The van der Waals surface area contributed by atoms with Crippen molar-refractivity contribution < 1.29 is 30.9 Å². The van der Waals surface area contributed by atoms with E-state index in [1.54, 1.807) is 0 Å². The lowest BCUT2D eigenvalue weighted by Crippen LogP contribution is -2.59. The Morgan fingerprint density at radius 1 is 0.971 bits per heavy atom. The van der Waals surface area contributed by atoms with Crippen LogP contribution in [0, 0.1) is 0 Å². The predicted molar refractivity (Wildman–Crippen MR) is 142 cm³/mol. The lowest BCUT2D eigenvalue weighted by atomic mass is 9.91. The van der Waals surface area contributed by atoms with E-state index in [1.807, 2.05) is 0 Å². The van der Waals surface area contributed by atoms with Gasteiger partial charge in [-0.25, -0.2) is 0 Å². The van der Waals surface area contributed by atoms with Crippen LogP contribution in [-0.2, 0) is 32.6 Å². The van der Waals surface area contributed by atoms with Crippen LogP contribution in [0.3, 0.4) is 0 Å². The van der Waals surface area contributed by atoms with Crippen molar-refractivity contribution in [3.8, 4) is 0 Å². The monoisotopic (exact) mass is 538 g/mol. The third-order valence-corrected chi connectivity index (χ3v) is 17.8. The summed E-state index contributed by atoms with van der Waals surface area (Å²) in [5, 5.41) is 0.0859. The maximum absolute atomic E-state index is 12.3. The Labute approximate surface area is 211 Å². The number of hydrogen-bond acceptors (Lipinski definition) is 7.